The van der Waals surface area contributed by atoms with E-state index in [1.54, 1.807) is 28.7 Å². The van der Waals surface area contributed by atoms with E-state index in [-0.39, 0.29) is 23.5 Å². The summed E-state index contributed by atoms with van der Waals surface area (Å²) in [6, 6.07) is 7.84. The molecule has 12 heteroatoms. The van der Waals surface area contributed by atoms with Crippen LogP contribution in [0.2, 0.25) is 0 Å². The number of carbonyl (C=O) groups is 1. The van der Waals surface area contributed by atoms with Gasteiger partial charge in [-0.1, -0.05) is 12.1 Å². The molecule has 1 aliphatic rings. The van der Waals surface area contributed by atoms with Gasteiger partial charge in [0.15, 0.2) is 5.65 Å². The smallest absolute Gasteiger partial charge is 0.326 e. The maximum atomic E-state index is 11.7. The molecule has 174 valence electrons. The van der Waals surface area contributed by atoms with Gasteiger partial charge in [0.2, 0.25) is 17.7 Å². The lowest BCUT2D eigenvalue weighted by molar-refractivity contribution is -0.116. The van der Waals surface area contributed by atoms with E-state index in [4.69, 9.17) is 0 Å². The van der Waals surface area contributed by atoms with Gasteiger partial charge in [0.05, 0.1) is 12.2 Å². The van der Waals surface area contributed by atoms with Crippen LogP contribution in [0.5, 0.6) is 5.88 Å². The third kappa shape index (κ3) is 4.37. The number of aromatic hydroxyl groups is 1. The van der Waals surface area contributed by atoms with Crippen LogP contribution >= 0.6 is 0 Å². The molecule has 4 N–H and O–H groups in total. The molecule has 34 heavy (non-hydrogen) atoms. The molecule has 0 spiro atoms. The average Bonchev–Trinajstić information content (AvgIpc) is 3.45. The summed E-state index contributed by atoms with van der Waals surface area (Å²) in [5.41, 5.74) is 2.35. The van der Waals surface area contributed by atoms with E-state index in [0.29, 0.717) is 29.0 Å². The zero-order valence-corrected chi connectivity index (χ0v) is 18.6. The molecule has 1 aliphatic carbocycles. The zero-order chi connectivity index (χ0) is 23.8. The van der Waals surface area contributed by atoms with Gasteiger partial charge in [-0.05, 0) is 36.6 Å². The quantitative estimate of drug-likeness (QED) is 0.316. The molecule has 1 saturated carbocycles. The number of benzene rings is 1. The summed E-state index contributed by atoms with van der Waals surface area (Å²) >= 11 is 0. The molecule has 1 amide bonds. The zero-order valence-electron chi connectivity index (χ0n) is 18.6. The highest BCUT2D eigenvalue weighted by Crippen LogP contribution is 2.22. The second-order valence-electron chi connectivity index (χ2n) is 8.13. The first-order valence-corrected chi connectivity index (χ1v) is 10.8. The Labute approximate surface area is 192 Å². The number of hydrogen-bond acceptors (Lipinski definition) is 8. The molecule has 0 saturated heterocycles. The Kier molecular flexibility index (Phi) is 5.32. The Morgan fingerprint density at radius 2 is 2.18 bits per heavy atom. The lowest BCUT2D eigenvalue weighted by atomic mass is 10.2. The van der Waals surface area contributed by atoms with E-state index in [9.17, 15) is 14.7 Å². The van der Waals surface area contributed by atoms with Crippen molar-refractivity contribution in [2.45, 2.75) is 32.4 Å². The number of fused-ring (bicyclic) bond motifs is 1. The van der Waals surface area contributed by atoms with Crippen molar-refractivity contribution in [1.82, 2.24) is 29.5 Å². The molecule has 0 radical (unpaired) electrons. The van der Waals surface area contributed by atoms with Crippen LogP contribution < -0.4 is 26.7 Å². The number of imidazole rings is 1. The minimum atomic E-state index is -0.515. The summed E-state index contributed by atoms with van der Waals surface area (Å²) in [5, 5.41) is 18.1. The molecule has 0 aliphatic heterocycles. The summed E-state index contributed by atoms with van der Waals surface area (Å²) < 4.78 is 1.54. The predicted octanol–water partition coefficient (Wildman–Crippen LogP) is 0.0519. The molecule has 0 atom stereocenters. The number of rotatable bonds is 6. The standard InChI is InChI=1S/C22H23N9O3/c1-12(32)30(2)16-5-3-4-13(8-16)10-23-20-27-18-14(9-17-19(33)28-22(34)26-17)11-24-31(18)21(29-20)25-15-6-7-15/h3-5,8-9,11,15,33H,6-7,10H2,1-2H3,(H,23,25,29)(H2,26,28,34). The normalized spacial score (nSPS) is 14.6. The van der Waals surface area contributed by atoms with Gasteiger partial charge in [-0.3, -0.25) is 9.78 Å². The van der Waals surface area contributed by atoms with Crippen LogP contribution in [-0.4, -0.2) is 53.7 Å². The van der Waals surface area contributed by atoms with Crippen LogP contribution in [0.4, 0.5) is 11.6 Å². The van der Waals surface area contributed by atoms with Crippen molar-refractivity contribution in [3.8, 4) is 5.88 Å². The fourth-order valence-corrected chi connectivity index (χ4v) is 3.40. The fourth-order valence-electron chi connectivity index (χ4n) is 3.40. The number of aromatic nitrogens is 6. The van der Waals surface area contributed by atoms with Crippen molar-refractivity contribution in [3.05, 3.63) is 63.0 Å². The van der Waals surface area contributed by atoms with Gasteiger partial charge in [-0.2, -0.15) is 19.6 Å². The maximum absolute atomic E-state index is 11.7. The van der Waals surface area contributed by atoms with Crippen molar-refractivity contribution in [2.75, 3.05) is 17.3 Å². The summed E-state index contributed by atoms with van der Waals surface area (Å²) in [6.07, 6.45) is 5.16. The Hall–Kier alpha value is -4.48. The Morgan fingerprint density at radius 3 is 2.88 bits per heavy atom. The van der Waals surface area contributed by atoms with Gasteiger partial charge in [-0.25, -0.2) is 9.79 Å². The van der Waals surface area contributed by atoms with Crippen molar-refractivity contribution in [2.24, 2.45) is 4.99 Å². The highest BCUT2D eigenvalue weighted by molar-refractivity contribution is 5.90. The summed E-state index contributed by atoms with van der Waals surface area (Å²) in [5.74, 6) is 0.0405. The number of aromatic amines is 2. The highest BCUT2D eigenvalue weighted by Gasteiger charge is 2.21. The number of anilines is 2. The predicted molar refractivity (Wildman–Crippen MR) is 124 cm³/mol. The van der Waals surface area contributed by atoms with Gasteiger partial charge in [0.1, 0.15) is 5.69 Å². The lowest BCUT2D eigenvalue weighted by Gasteiger charge is -2.16. The Balaban J connectivity index is 1.52. The van der Waals surface area contributed by atoms with E-state index >= 15 is 0 Å². The summed E-state index contributed by atoms with van der Waals surface area (Å²) in [6.45, 7) is 1.94. The Bertz CT molecular complexity index is 1560. The van der Waals surface area contributed by atoms with E-state index in [1.807, 2.05) is 24.3 Å². The molecular formula is C22H23N9O3. The molecule has 1 aromatic carbocycles. The van der Waals surface area contributed by atoms with Crippen molar-refractivity contribution in [3.63, 3.8) is 0 Å². The number of nitrogens with one attached hydrogen (secondary N) is 3. The highest BCUT2D eigenvalue weighted by atomic mass is 16.3. The van der Waals surface area contributed by atoms with Crippen LogP contribution in [0.3, 0.4) is 0 Å². The van der Waals surface area contributed by atoms with Gasteiger partial charge < -0.3 is 20.3 Å². The number of hydrogen-bond donors (Lipinski definition) is 4. The molecule has 0 unspecified atom stereocenters. The minimum Gasteiger partial charge on any atom is -0.493 e. The number of amides is 1. The SMILES string of the molecule is CC(=O)N(C)c1cccc(CNc2nc(=NC3CC3)n3ncc(=Cc4[nH]c(=O)[nH]c4O)c3n2)c1. The number of nitrogens with zero attached hydrogens (tertiary/aromatic N) is 6. The average molecular weight is 461 g/mol. The molecule has 1 fully saturated rings. The fraction of sp³-hybridized carbons (Fsp3) is 0.273. The van der Waals surface area contributed by atoms with Crippen LogP contribution in [0.15, 0.2) is 40.2 Å². The van der Waals surface area contributed by atoms with Crippen molar-refractivity contribution in [1.29, 1.82) is 0 Å². The van der Waals surface area contributed by atoms with Gasteiger partial charge >= 0.3 is 5.69 Å². The molecule has 0 bridgehead atoms. The van der Waals surface area contributed by atoms with Crippen LogP contribution in [-0.2, 0) is 11.3 Å². The van der Waals surface area contributed by atoms with Gasteiger partial charge in [0.25, 0.3) is 5.62 Å². The van der Waals surface area contributed by atoms with E-state index in [1.165, 1.54) is 6.92 Å². The first-order valence-electron chi connectivity index (χ1n) is 10.8. The molecule has 3 aromatic heterocycles. The monoisotopic (exact) mass is 461 g/mol. The van der Waals surface area contributed by atoms with E-state index in [0.717, 1.165) is 24.1 Å². The lowest BCUT2D eigenvalue weighted by Crippen LogP contribution is -2.25. The summed E-state index contributed by atoms with van der Waals surface area (Å²) in [7, 11) is 1.73. The maximum Gasteiger partial charge on any atom is 0.326 e. The first-order chi connectivity index (χ1) is 16.4. The number of H-pyrrole nitrogens is 2. The largest absolute Gasteiger partial charge is 0.493 e. The molecule has 4 aromatic rings. The second-order valence-corrected chi connectivity index (χ2v) is 8.13. The first kappa shape index (κ1) is 21.4. The molecular weight excluding hydrogens is 438 g/mol. The van der Waals surface area contributed by atoms with Gasteiger partial charge in [-0.15, -0.1) is 0 Å². The van der Waals surface area contributed by atoms with Crippen LogP contribution in [0, 0.1) is 0 Å². The Morgan fingerprint density at radius 1 is 1.35 bits per heavy atom. The third-order valence-corrected chi connectivity index (χ3v) is 5.48. The van der Waals surface area contributed by atoms with Crippen molar-refractivity contribution < 1.29 is 9.90 Å². The van der Waals surface area contributed by atoms with E-state index in [2.05, 4.69) is 35.3 Å². The van der Waals surface area contributed by atoms with Crippen LogP contribution in [0.1, 0.15) is 31.0 Å². The minimum absolute atomic E-state index is 0.0514. The molecule has 5 rings (SSSR count). The topological polar surface area (TPSA) is 157 Å². The van der Waals surface area contributed by atoms with Crippen molar-refractivity contribution >= 4 is 29.3 Å². The van der Waals surface area contributed by atoms with Gasteiger partial charge in [0, 0.05) is 31.4 Å². The molecule has 12 nitrogen and oxygen atoms in total. The van der Waals surface area contributed by atoms with Crippen LogP contribution in [0.25, 0.3) is 11.7 Å². The second kappa shape index (κ2) is 8.46. The third-order valence-electron chi connectivity index (χ3n) is 5.48. The number of carbonyl (C=O) groups excluding carboxylic acids is 1. The summed E-state index contributed by atoms with van der Waals surface area (Å²) in [4.78, 5) is 43.3. The van der Waals surface area contributed by atoms with E-state index < -0.39 is 5.69 Å². The molecule has 3 heterocycles.